The van der Waals surface area contributed by atoms with Gasteiger partial charge in [-0.1, -0.05) is 58.8 Å². The number of pyridine rings is 1. The fourth-order valence-electron chi connectivity index (χ4n) is 5.56. The summed E-state index contributed by atoms with van der Waals surface area (Å²) < 4.78 is 5.21. The molecule has 0 aromatic carbocycles. The third-order valence-corrected chi connectivity index (χ3v) is 7.54. The van der Waals surface area contributed by atoms with Crippen LogP contribution in [0.1, 0.15) is 103 Å². The van der Waals surface area contributed by atoms with E-state index in [2.05, 4.69) is 11.9 Å². The second-order valence-electron chi connectivity index (χ2n) is 9.56. The van der Waals surface area contributed by atoms with Crippen molar-refractivity contribution in [2.75, 3.05) is 0 Å². The number of carbonyl (C=O) groups excluding carboxylic acids is 1. The summed E-state index contributed by atoms with van der Waals surface area (Å²) >= 11 is 0. The molecular formula is C26H41NO2. The molecule has 3 nitrogen and oxygen atoms in total. The summed E-state index contributed by atoms with van der Waals surface area (Å²) in [5, 5.41) is 0. The van der Waals surface area contributed by atoms with Crippen LogP contribution in [-0.4, -0.2) is 11.0 Å². The lowest BCUT2D eigenvalue weighted by molar-refractivity contribution is -0.134. The largest absolute Gasteiger partial charge is 0.425 e. The van der Waals surface area contributed by atoms with Crippen LogP contribution in [-0.2, 0) is 11.2 Å². The van der Waals surface area contributed by atoms with Crippen LogP contribution in [0.2, 0.25) is 0 Å². The predicted molar refractivity (Wildman–Crippen MR) is 119 cm³/mol. The number of ether oxygens (including phenoxy) is 1. The van der Waals surface area contributed by atoms with Gasteiger partial charge in [0.25, 0.3) is 0 Å². The van der Waals surface area contributed by atoms with Crippen molar-refractivity contribution >= 4 is 5.97 Å². The van der Waals surface area contributed by atoms with Crippen LogP contribution in [0.15, 0.2) is 18.3 Å². The highest BCUT2D eigenvalue weighted by molar-refractivity contribution is 5.71. The van der Waals surface area contributed by atoms with Gasteiger partial charge in [-0.05, 0) is 74.3 Å². The van der Waals surface area contributed by atoms with Crippen molar-refractivity contribution in [3.05, 3.63) is 24.0 Å². The molecule has 3 rings (SSSR count). The van der Waals surface area contributed by atoms with E-state index < -0.39 is 0 Å². The fraction of sp³-hybridized carbons (Fsp3) is 0.769. The zero-order valence-corrected chi connectivity index (χ0v) is 18.7. The molecule has 0 aliphatic heterocycles. The minimum atomic E-state index is -0.203. The number of carbonyl (C=O) groups is 1. The second kappa shape index (κ2) is 11.7. The van der Waals surface area contributed by atoms with E-state index in [1.165, 1.54) is 77.0 Å². The van der Waals surface area contributed by atoms with Crippen LogP contribution >= 0.6 is 0 Å². The van der Waals surface area contributed by atoms with E-state index in [0.717, 1.165) is 35.8 Å². The average molecular weight is 400 g/mol. The van der Waals surface area contributed by atoms with E-state index >= 15 is 0 Å². The zero-order chi connectivity index (χ0) is 20.5. The van der Waals surface area contributed by atoms with Crippen molar-refractivity contribution in [2.24, 2.45) is 23.7 Å². The number of aromatic nitrogens is 1. The molecule has 0 bridgehead atoms. The first-order valence-electron chi connectivity index (χ1n) is 12.3. The highest BCUT2D eigenvalue weighted by Gasteiger charge is 2.30. The third-order valence-electron chi connectivity index (χ3n) is 7.54. The molecule has 3 heteroatoms. The number of aryl methyl sites for hydroxylation is 1. The molecule has 1 aromatic rings. The molecule has 2 aliphatic carbocycles. The lowest BCUT2D eigenvalue weighted by atomic mass is 9.68. The maximum atomic E-state index is 11.3. The minimum absolute atomic E-state index is 0.203. The maximum absolute atomic E-state index is 11.3. The van der Waals surface area contributed by atoms with E-state index in [1.54, 1.807) is 13.1 Å². The Morgan fingerprint density at radius 1 is 0.931 bits per heavy atom. The Bertz CT molecular complexity index is 596. The lowest BCUT2D eigenvalue weighted by Gasteiger charge is -2.38. The Morgan fingerprint density at radius 3 is 2.07 bits per heavy atom. The normalized spacial score (nSPS) is 27.5. The first-order valence-corrected chi connectivity index (χ1v) is 12.3. The van der Waals surface area contributed by atoms with Gasteiger partial charge in [-0.25, -0.2) is 0 Å². The molecule has 2 aliphatic rings. The summed E-state index contributed by atoms with van der Waals surface area (Å²) in [6, 6.07) is 3.89. The maximum Gasteiger partial charge on any atom is 0.310 e. The molecule has 2 fully saturated rings. The van der Waals surface area contributed by atoms with Gasteiger partial charge in [0.2, 0.25) is 0 Å². The molecule has 1 heterocycles. The predicted octanol–water partition coefficient (Wildman–Crippen LogP) is 7.13. The Kier molecular flexibility index (Phi) is 9.01. The molecule has 0 amide bonds. The number of rotatable bonds is 9. The van der Waals surface area contributed by atoms with Gasteiger partial charge in [0, 0.05) is 12.1 Å². The Hall–Kier alpha value is -1.38. The van der Waals surface area contributed by atoms with Crippen molar-refractivity contribution in [1.82, 2.24) is 4.98 Å². The summed E-state index contributed by atoms with van der Waals surface area (Å²) in [6.45, 7) is 4.12. The van der Waals surface area contributed by atoms with Gasteiger partial charge < -0.3 is 4.74 Å². The quantitative estimate of drug-likeness (QED) is 0.414. The van der Waals surface area contributed by atoms with Crippen LogP contribution < -0.4 is 4.74 Å². The van der Waals surface area contributed by atoms with E-state index in [9.17, 15) is 4.79 Å². The molecule has 1 aromatic heterocycles. The van der Waals surface area contributed by atoms with Crippen LogP contribution in [0.25, 0.3) is 0 Å². The topological polar surface area (TPSA) is 39.2 Å². The molecule has 162 valence electrons. The number of nitrogens with zero attached hydrogens (tertiary/aromatic N) is 1. The Morgan fingerprint density at radius 2 is 1.55 bits per heavy atom. The van der Waals surface area contributed by atoms with Gasteiger partial charge in [-0.2, -0.15) is 0 Å². The highest BCUT2D eigenvalue weighted by atomic mass is 16.5. The van der Waals surface area contributed by atoms with Gasteiger partial charge in [-0.15, -0.1) is 0 Å². The van der Waals surface area contributed by atoms with Crippen LogP contribution in [0, 0.1) is 23.7 Å². The van der Waals surface area contributed by atoms with Gasteiger partial charge in [0.1, 0.15) is 5.75 Å². The number of hydrogen-bond donors (Lipinski definition) is 0. The number of unbranched alkanes of at least 4 members (excludes halogenated alkanes) is 1. The second-order valence-corrected chi connectivity index (χ2v) is 9.56. The van der Waals surface area contributed by atoms with E-state index in [0.29, 0.717) is 12.2 Å². The molecule has 0 N–H and O–H groups in total. The molecule has 0 saturated heterocycles. The van der Waals surface area contributed by atoms with Crippen LogP contribution in [0.5, 0.6) is 5.75 Å². The lowest BCUT2D eigenvalue weighted by Crippen LogP contribution is -2.26. The molecule has 0 atom stereocenters. The van der Waals surface area contributed by atoms with Crippen molar-refractivity contribution in [2.45, 2.75) is 104 Å². The number of esters is 1. The first-order chi connectivity index (χ1) is 14.2. The monoisotopic (exact) mass is 399 g/mol. The summed E-state index contributed by atoms with van der Waals surface area (Å²) in [5.74, 6) is 4.28. The first kappa shape index (κ1) is 22.3. The summed E-state index contributed by atoms with van der Waals surface area (Å²) in [6.07, 6.45) is 20.4. The van der Waals surface area contributed by atoms with Crippen molar-refractivity contribution in [3.63, 3.8) is 0 Å². The Labute approximate surface area is 178 Å². The SMILES string of the molecule is CCCCC1CCC(C2CCC(CCc3ccc(OC(=O)CC)cn3)CC2)CC1. The van der Waals surface area contributed by atoms with E-state index in [1.807, 2.05) is 12.1 Å². The molecule has 29 heavy (non-hydrogen) atoms. The molecular weight excluding hydrogens is 358 g/mol. The van der Waals surface area contributed by atoms with Gasteiger partial charge in [0.15, 0.2) is 0 Å². The van der Waals surface area contributed by atoms with Crippen molar-refractivity contribution in [3.8, 4) is 5.75 Å². The van der Waals surface area contributed by atoms with Crippen LogP contribution in [0.4, 0.5) is 0 Å². The Balaban J connectivity index is 1.33. The van der Waals surface area contributed by atoms with Gasteiger partial charge in [0.05, 0.1) is 6.20 Å². The molecule has 0 spiro atoms. The van der Waals surface area contributed by atoms with E-state index in [4.69, 9.17) is 4.74 Å². The molecule has 0 radical (unpaired) electrons. The standard InChI is InChI=1S/C26H41NO2/c1-3-5-6-20-7-12-22(13-8-20)23-14-9-21(10-15-23)11-16-24-17-18-25(19-27-24)29-26(28)4-2/h17-23H,3-16H2,1-2H3. The van der Waals surface area contributed by atoms with Gasteiger partial charge >= 0.3 is 5.97 Å². The molecule has 0 unspecified atom stereocenters. The summed E-state index contributed by atoms with van der Waals surface area (Å²) in [7, 11) is 0. The average Bonchev–Trinajstić information content (AvgIpc) is 2.78. The summed E-state index contributed by atoms with van der Waals surface area (Å²) in [5.41, 5.74) is 1.12. The zero-order valence-electron chi connectivity index (χ0n) is 18.7. The van der Waals surface area contributed by atoms with Gasteiger partial charge in [-0.3, -0.25) is 9.78 Å². The molecule has 2 saturated carbocycles. The summed E-state index contributed by atoms with van der Waals surface area (Å²) in [4.78, 5) is 15.8. The fourth-order valence-corrected chi connectivity index (χ4v) is 5.56. The minimum Gasteiger partial charge on any atom is -0.425 e. The van der Waals surface area contributed by atoms with Crippen molar-refractivity contribution in [1.29, 1.82) is 0 Å². The number of hydrogen-bond acceptors (Lipinski definition) is 3. The van der Waals surface area contributed by atoms with E-state index in [-0.39, 0.29) is 5.97 Å². The van der Waals surface area contributed by atoms with Crippen LogP contribution in [0.3, 0.4) is 0 Å². The highest BCUT2D eigenvalue weighted by Crippen LogP contribution is 2.43. The third kappa shape index (κ3) is 7.12. The van der Waals surface area contributed by atoms with Crippen molar-refractivity contribution < 1.29 is 9.53 Å². The smallest absolute Gasteiger partial charge is 0.310 e.